The van der Waals surface area contributed by atoms with E-state index in [1.807, 2.05) is 31.2 Å². The fourth-order valence-electron chi connectivity index (χ4n) is 3.59. The minimum atomic E-state index is -0.157. The molecule has 3 aromatic rings. The van der Waals surface area contributed by atoms with Crippen molar-refractivity contribution in [1.29, 1.82) is 0 Å². The van der Waals surface area contributed by atoms with Crippen LogP contribution in [0, 0.1) is 5.92 Å². The van der Waals surface area contributed by atoms with Crippen LogP contribution in [0.2, 0.25) is 10.3 Å². The largest absolute Gasteiger partial charge is 0.466 e. The maximum absolute atomic E-state index is 12.3. The number of aromatic nitrogens is 2. The predicted octanol–water partition coefficient (Wildman–Crippen LogP) is 5.44. The van der Waals surface area contributed by atoms with E-state index in [2.05, 4.69) is 20.2 Å². The van der Waals surface area contributed by atoms with E-state index in [1.165, 1.54) is 11.3 Å². The average Bonchev–Trinajstić information content (AvgIpc) is 3.12. The van der Waals surface area contributed by atoms with Gasteiger partial charge in [-0.25, -0.2) is 4.98 Å². The lowest BCUT2D eigenvalue weighted by Crippen LogP contribution is -2.40. The van der Waals surface area contributed by atoms with Gasteiger partial charge >= 0.3 is 5.97 Å². The average molecular weight is 436 g/mol. The van der Waals surface area contributed by atoms with Gasteiger partial charge in [0.05, 0.1) is 17.9 Å². The summed E-state index contributed by atoms with van der Waals surface area (Å²) in [6.07, 6.45) is 1.72. The quantitative estimate of drug-likeness (QED) is 0.403. The number of hydrogen-bond donors (Lipinski definition) is 0. The Morgan fingerprint density at radius 1 is 1.29 bits per heavy atom. The zero-order chi connectivity index (χ0) is 19.7. The standard InChI is InChI=1S/C20H19Cl2N3O2S/c1-2-27-19(26)13-4-3-9-25(10-13)17-16-15(12-5-7-14(21)8-6-12)11-28-18(16)24-20(22)23-17/h5-8,11,13H,2-4,9-10H2,1H3. The molecule has 1 aromatic carbocycles. The molecule has 2 aromatic heterocycles. The first-order chi connectivity index (χ1) is 13.6. The van der Waals surface area contributed by atoms with Gasteiger partial charge in [0.2, 0.25) is 5.28 Å². The molecule has 0 spiro atoms. The molecule has 5 nitrogen and oxygen atoms in total. The molecule has 1 atom stereocenters. The molecule has 0 saturated carbocycles. The second kappa shape index (κ2) is 8.23. The number of esters is 1. The SMILES string of the molecule is CCOC(=O)C1CCCN(c2nc(Cl)nc3scc(-c4ccc(Cl)cc4)c23)C1. The third kappa shape index (κ3) is 3.81. The van der Waals surface area contributed by atoms with Gasteiger partial charge in [0.15, 0.2) is 0 Å². The lowest BCUT2D eigenvalue weighted by Gasteiger charge is -2.33. The van der Waals surface area contributed by atoms with Gasteiger partial charge in [-0.15, -0.1) is 11.3 Å². The van der Waals surface area contributed by atoms with E-state index in [4.69, 9.17) is 27.9 Å². The molecule has 0 radical (unpaired) electrons. The van der Waals surface area contributed by atoms with Crippen LogP contribution in [-0.4, -0.2) is 35.6 Å². The van der Waals surface area contributed by atoms with E-state index in [-0.39, 0.29) is 17.2 Å². The van der Waals surface area contributed by atoms with E-state index >= 15 is 0 Å². The summed E-state index contributed by atoms with van der Waals surface area (Å²) in [5.41, 5.74) is 2.09. The minimum Gasteiger partial charge on any atom is -0.466 e. The zero-order valence-electron chi connectivity index (χ0n) is 15.3. The van der Waals surface area contributed by atoms with Crippen molar-refractivity contribution in [2.24, 2.45) is 5.92 Å². The van der Waals surface area contributed by atoms with E-state index in [0.717, 1.165) is 46.5 Å². The number of hydrogen-bond acceptors (Lipinski definition) is 6. The monoisotopic (exact) mass is 435 g/mol. The molecule has 0 amide bonds. The molecule has 28 heavy (non-hydrogen) atoms. The summed E-state index contributed by atoms with van der Waals surface area (Å²) in [6.45, 7) is 3.60. The number of fused-ring (bicyclic) bond motifs is 1. The van der Waals surface area contributed by atoms with E-state index < -0.39 is 0 Å². The normalized spacial score (nSPS) is 17.1. The van der Waals surface area contributed by atoms with Gasteiger partial charge < -0.3 is 9.64 Å². The maximum Gasteiger partial charge on any atom is 0.310 e. The first kappa shape index (κ1) is 19.4. The Balaban J connectivity index is 1.76. The Kier molecular flexibility index (Phi) is 5.71. The van der Waals surface area contributed by atoms with Gasteiger partial charge in [0.1, 0.15) is 10.6 Å². The molecular formula is C20H19Cl2N3O2S. The van der Waals surface area contributed by atoms with Gasteiger partial charge in [-0.1, -0.05) is 23.7 Å². The van der Waals surface area contributed by atoms with Crippen LogP contribution in [0.1, 0.15) is 19.8 Å². The molecule has 1 aliphatic heterocycles. The van der Waals surface area contributed by atoms with Crippen LogP contribution < -0.4 is 4.90 Å². The maximum atomic E-state index is 12.3. The first-order valence-electron chi connectivity index (χ1n) is 9.19. The lowest BCUT2D eigenvalue weighted by molar-refractivity contribution is -0.148. The highest BCUT2D eigenvalue weighted by Gasteiger charge is 2.29. The third-order valence-corrected chi connectivity index (χ3v) is 6.18. The summed E-state index contributed by atoms with van der Waals surface area (Å²) >= 11 is 13.8. The smallest absolute Gasteiger partial charge is 0.310 e. The number of anilines is 1. The Morgan fingerprint density at radius 2 is 2.07 bits per heavy atom. The number of ether oxygens (including phenoxy) is 1. The number of carbonyl (C=O) groups excluding carboxylic acids is 1. The highest BCUT2D eigenvalue weighted by atomic mass is 35.5. The number of thiophene rings is 1. The first-order valence-corrected chi connectivity index (χ1v) is 10.8. The summed E-state index contributed by atoms with van der Waals surface area (Å²) in [7, 11) is 0. The molecule has 1 unspecified atom stereocenters. The fourth-order valence-corrected chi connectivity index (χ4v) is 4.87. The van der Waals surface area contributed by atoms with Crippen LogP contribution in [-0.2, 0) is 9.53 Å². The van der Waals surface area contributed by atoms with Crippen molar-refractivity contribution in [1.82, 2.24) is 9.97 Å². The molecule has 4 rings (SSSR count). The highest BCUT2D eigenvalue weighted by molar-refractivity contribution is 7.17. The van der Waals surface area contributed by atoms with Crippen LogP contribution in [0.4, 0.5) is 5.82 Å². The fraction of sp³-hybridized carbons (Fsp3) is 0.350. The van der Waals surface area contributed by atoms with Gasteiger partial charge in [0, 0.05) is 29.1 Å². The van der Waals surface area contributed by atoms with Crippen molar-refractivity contribution in [3.63, 3.8) is 0 Å². The number of benzene rings is 1. The van der Waals surface area contributed by atoms with Crippen molar-refractivity contribution in [3.05, 3.63) is 40.0 Å². The lowest BCUT2D eigenvalue weighted by atomic mass is 9.97. The van der Waals surface area contributed by atoms with Crippen LogP contribution in [0.15, 0.2) is 29.6 Å². The molecule has 0 aliphatic carbocycles. The van der Waals surface area contributed by atoms with E-state index in [1.54, 1.807) is 0 Å². The molecular weight excluding hydrogens is 417 g/mol. The topological polar surface area (TPSA) is 55.3 Å². The predicted molar refractivity (Wildman–Crippen MR) is 114 cm³/mol. The number of rotatable bonds is 4. The van der Waals surface area contributed by atoms with Crippen molar-refractivity contribution in [2.75, 3.05) is 24.6 Å². The van der Waals surface area contributed by atoms with Crippen LogP contribution >= 0.6 is 34.5 Å². The van der Waals surface area contributed by atoms with Crippen LogP contribution in [0.25, 0.3) is 21.3 Å². The summed E-state index contributed by atoms with van der Waals surface area (Å²) in [6, 6.07) is 7.71. The number of nitrogens with zero attached hydrogens (tertiary/aromatic N) is 3. The van der Waals surface area contributed by atoms with E-state index in [9.17, 15) is 4.79 Å². The number of piperidine rings is 1. The summed E-state index contributed by atoms with van der Waals surface area (Å²) in [5, 5.41) is 3.93. The molecule has 146 valence electrons. The minimum absolute atomic E-state index is 0.146. The Morgan fingerprint density at radius 3 is 2.82 bits per heavy atom. The third-order valence-electron chi connectivity index (χ3n) is 4.88. The Bertz CT molecular complexity index is 1010. The van der Waals surface area contributed by atoms with Gasteiger partial charge in [-0.3, -0.25) is 4.79 Å². The zero-order valence-corrected chi connectivity index (χ0v) is 17.7. The molecule has 1 fully saturated rings. The molecule has 1 saturated heterocycles. The van der Waals surface area contributed by atoms with Gasteiger partial charge in [-0.2, -0.15) is 4.98 Å². The number of halogens is 2. The Hall–Kier alpha value is -1.89. The van der Waals surface area contributed by atoms with Crippen molar-refractivity contribution in [2.45, 2.75) is 19.8 Å². The van der Waals surface area contributed by atoms with Gasteiger partial charge in [0.25, 0.3) is 0 Å². The van der Waals surface area contributed by atoms with Crippen LogP contribution in [0.3, 0.4) is 0 Å². The summed E-state index contributed by atoms with van der Waals surface area (Å²) in [5.74, 6) is 0.470. The van der Waals surface area contributed by atoms with Crippen molar-refractivity contribution >= 4 is 56.5 Å². The van der Waals surface area contributed by atoms with Crippen molar-refractivity contribution < 1.29 is 9.53 Å². The number of carbonyl (C=O) groups is 1. The van der Waals surface area contributed by atoms with Crippen LogP contribution in [0.5, 0.6) is 0 Å². The molecule has 0 bridgehead atoms. The van der Waals surface area contributed by atoms with Crippen molar-refractivity contribution in [3.8, 4) is 11.1 Å². The summed E-state index contributed by atoms with van der Waals surface area (Å²) < 4.78 is 5.23. The second-order valence-electron chi connectivity index (χ2n) is 6.69. The molecule has 3 heterocycles. The highest BCUT2D eigenvalue weighted by Crippen LogP contribution is 2.40. The second-order valence-corrected chi connectivity index (χ2v) is 8.32. The summed E-state index contributed by atoms with van der Waals surface area (Å²) in [4.78, 5) is 24.2. The molecule has 0 N–H and O–H groups in total. The Labute approximate surface area is 177 Å². The molecule has 8 heteroatoms. The molecule has 1 aliphatic rings. The van der Waals surface area contributed by atoms with E-state index in [0.29, 0.717) is 18.2 Å². The van der Waals surface area contributed by atoms with Gasteiger partial charge in [-0.05, 0) is 49.1 Å².